The van der Waals surface area contributed by atoms with Crippen LogP contribution in [0.3, 0.4) is 0 Å². The summed E-state index contributed by atoms with van der Waals surface area (Å²) in [5, 5.41) is 4.92. The predicted molar refractivity (Wildman–Crippen MR) is 66.7 cm³/mol. The van der Waals surface area contributed by atoms with Crippen LogP contribution in [0.4, 0.5) is 0 Å². The van der Waals surface area contributed by atoms with E-state index in [0.29, 0.717) is 6.54 Å². The minimum atomic E-state index is -0.00787. The molecular weight excluding hydrogens is 218 g/mol. The lowest BCUT2D eigenvalue weighted by molar-refractivity contribution is 0.0950. The molecule has 0 aliphatic rings. The van der Waals surface area contributed by atoms with Crippen molar-refractivity contribution in [2.24, 2.45) is 0 Å². The standard InChI is InChI=1S/C13H13NOS/c1-10-5-2-3-7-12(10)13(15)14-9-11-6-4-8-16-11/h2-8H,9H2,1H3,(H,14,15). The first-order chi connectivity index (χ1) is 7.77. The number of rotatable bonds is 3. The van der Waals surface area contributed by atoms with Gasteiger partial charge in [-0.25, -0.2) is 0 Å². The summed E-state index contributed by atoms with van der Waals surface area (Å²) in [4.78, 5) is 13.0. The van der Waals surface area contributed by atoms with Crippen molar-refractivity contribution in [3.05, 3.63) is 57.8 Å². The lowest BCUT2D eigenvalue weighted by Crippen LogP contribution is -2.23. The van der Waals surface area contributed by atoms with Crippen LogP contribution in [-0.4, -0.2) is 5.91 Å². The van der Waals surface area contributed by atoms with Crippen LogP contribution >= 0.6 is 11.3 Å². The van der Waals surface area contributed by atoms with Crippen molar-refractivity contribution in [3.63, 3.8) is 0 Å². The molecular formula is C13H13NOS. The van der Waals surface area contributed by atoms with Gasteiger partial charge in [-0.1, -0.05) is 24.3 Å². The molecule has 0 unspecified atom stereocenters. The molecule has 2 nitrogen and oxygen atoms in total. The summed E-state index contributed by atoms with van der Waals surface area (Å²) in [5.41, 5.74) is 1.75. The van der Waals surface area contributed by atoms with E-state index in [9.17, 15) is 4.79 Å². The SMILES string of the molecule is Cc1ccccc1C(=O)NCc1cccs1. The largest absolute Gasteiger partial charge is 0.347 e. The van der Waals surface area contributed by atoms with Crippen molar-refractivity contribution in [1.29, 1.82) is 0 Å². The highest BCUT2D eigenvalue weighted by Crippen LogP contribution is 2.10. The van der Waals surface area contributed by atoms with E-state index in [1.54, 1.807) is 11.3 Å². The van der Waals surface area contributed by atoms with Crippen LogP contribution < -0.4 is 5.32 Å². The Kier molecular flexibility index (Phi) is 3.37. The minimum absolute atomic E-state index is 0.00787. The van der Waals surface area contributed by atoms with E-state index in [1.807, 2.05) is 48.7 Å². The Balaban J connectivity index is 2.01. The zero-order valence-electron chi connectivity index (χ0n) is 9.07. The molecule has 0 radical (unpaired) electrons. The summed E-state index contributed by atoms with van der Waals surface area (Å²) >= 11 is 1.65. The van der Waals surface area contributed by atoms with Crippen LogP contribution in [0.5, 0.6) is 0 Å². The molecule has 0 atom stereocenters. The second-order valence-electron chi connectivity index (χ2n) is 3.58. The van der Waals surface area contributed by atoms with Crippen molar-refractivity contribution >= 4 is 17.2 Å². The molecule has 0 bridgehead atoms. The number of nitrogens with one attached hydrogen (secondary N) is 1. The summed E-state index contributed by atoms with van der Waals surface area (Å²) in [5.74, 6) is -0.00787. The first kappa shape index (κ1) is 10.9. The van der Waals surface area contributed by atoms with Crippen LogP contribution in [0.1, 0.15) is 20.8 Å². The van der Waals surface area contributed by atoms with E-state index in [0.717, 1.165) is 11.1 Å². The Labute approximate surface area is 98.9 Å². The Bertz CT molecular complexity index is 476. The number of thiophene rings is 1. The molecule has 2 aromatic rings. The van der Waals surface area contributed by atoms with Gasteiger partial charge in [-0.2, -0.15) is 0 Å². The Morgan fingerprint density at radius 3 is 2.75 bits per heavy atom. The number of hydrogen-bond donors (Lipinski definition) is 1. The van der Waals surface area contributed by atoms with E-state index in [2.05, 4.69) is 5.32 Å². The van der Waals surface area contributed by atoms with Gasteiger partial charge in [0.15, 0.2) is 0 Å². The first-order valence-corrected chi connectivity index (χ1v) is 6.01. The molecule has 0 spiro atoms. The maximum absolute atomic E-state index is 11.9. The highest BCUT2D eigenvalue weighted by atomic mass is 32.1. The number of amides is 1. The van der Waals surface area contributed by atoms with Gasteiger partial charge in [0.1, 0.15) is 0 Å². The Morgan fingerprint density at radius 1 is 1.25 bits per heavy atom. The monoisotopic (exact) mass is 231 g/mol. The Morgan fingerprint density at radius 2 is 2.06 bits per heavy atom. The second-order valence-corrected chi connectivity index (χ2v) is 4.61. The summed E-state index contributed by atoms with van der Waals surface area (Å²) in [7, 11) is 0. The van der Waals surface area contributed by atoms with Crippen LogP contribution in [0.25, 0.3) is 0 Å². The third-order valence-corrected chi connectivity index (χ3v) is 3.27. The fraction of sp³-hybridized carbons (Fsp3) is 0.154. The minimum Gasteiger partial charge on any atom is -0.347 e. The lowest BCUT2D eigenvalue weighted by atomic mass is 10.1. The molecule has 0 fully saturated rings. The molecule has 1 amide bonds. The fourth-order valence-corrected chi connectivity index (χ4v) is 2.15. The second kappa shape index (κ2) is 4.94. The maximum atomic E-state index is 11.9. The van der Waals surface area contributed by atoms with Crippen molar-refractivity contribution in [2.75, 3.05) is 0 Å². The van der Waals surface area contributed by atoms with E-state index in [1.165, 1.54) is 4.88 Å². The van der Waals surface area contributed by atoms with Gasteiger partial charge in [-0.15, -0.1) is 11.3 Å². The topological polar surface area (TPSA) is 29.1 Å². The van der Waals surface area contributed by atoms with Crippen LogP contribution in [0, 0.1) is 6.92 Å². The van der Waals surface area contributed by atoms with Crippen molar-refractivity contribution in [1.82, 2.24) is 5.32 Å². The highest BCUT2D eigenvalue weighted by molar-refractivity contribution is 7.09. The summed E-state index contributed by atoms with van der Waals surface area (Å²) < 4.78 is 0. The molecule has 1 aromatic heterocycles. The molecule has 1 N–H and O–H groups in total. The molecule has 82 valence electrons. The molecule has 2 rings (SSSR count). The number of benzene rings is 1. The van der Waals surface area contributed by atoms with Crippen LogP contribution in [-0.2, 0) is 6.54 Å². The van der Waals surface area contributed by atoms with Gasteiger partial charge in [0.25, 0.3) is 5.91 Å². The number of hydrogen-bond acceptors (Lipinski definition) is 2. The van der Waals surface area contributed by atoms with E-state index >= 15 is 0 Å². The molecule has 1 aromatic carbocycles. The number of aryl methyl sites for hydroxylation is 1. The van der Waals surface area contributed by atoms with Gasteiger partial charge in [-0.05, 0) is 30.0 Å². The summed E-state index contributed by atoms with van der Waals surface area (Å²) in [6.07, 6.45) is 0. The van der Waals surface area contributed by atoms with Gasteiger partial charge in [0.05, 0.1) is 6.54 Å². The quantitative estimate of drug-likeness (QED) is 0.864. The van der Waals surface area contributed by atoms with E-state index in [-0.39, 0.29) is 5.91 Å². The van der Waals surface area contributed by atoms with Gasteiger partial charge in [0.2, 0.25) is 0 Å². The lowest BCUT2D eigenvalue weighted by Gasteiger charge is -2.06. The average Bonchev–Trinajstić information content (AvgIpc) is 2.79. The molecule has 0 saturated carbocycles. The third kappa shape index (κ3) is 2.49. The normalized spacial score (nSPS) is 10.1. The van der Waals surface area contributed by atoms with E-state index < -0.39 is 0 Å². The van der Waals surface area contributed by atoms with Crippen LogP contribution in [0.15, 0.2) is 41.8 Å². The first-order valence-electron chi connectivity index (χ1n) is 5.13. The zero-order chi connectivity index (χ0) is 11.4. The van der Waals surface area contributed by atoms with Crippen LogP contribution in [0.2, 0.25) is 0 Å². The molecule has 0 aliphatic heterocycles. The smallest absolute Gasteiger partial charge is 0.251 e. The maximum Gasteiger partial charge on any atom is 0.251 e. The predicted octanol–water partition coefficient (Wildman–Crippen LogP) is 2.99. The molecule has 0 saturated heterocycles. The summed E-state index contributed by atoms with van der Waals surface area (Å²) in [6, 6.07) is 11.6. The number of carbonyl (C=O) groups is 1. The zero-order valence-corrected chi connectivity index (χ0v) is 9.88. The van der Waals surface area contributed by atoms with Gasteiger partial charge in [0, 0.05) is 10.4 Å². The Hall–Kier alpha value is -1.61. The molecule has 16 heavy (non-hydrogen) atoms. The van der Waals surface area contributed by atoms with Crippen molar-refractivity contribution < 1.29 is 4.79 Å². The van der Waals surface area contributed by atoms with Crippen molar-refractivity contribution in [3.8, 4) is 0 Å². The van der Waals surface area contributed by atoms with Crippen molar-refractivity contribution in [2.45, 2.75) is 13.5 Å². The molecule has 3 heteroatoms. The third-order valence-electron chi connectivity index (χ3n) is 2.39. The molecule has 0 aliphatic carbocycles. The summed E-state index contributed by atoms with van der Waals surface area (Å²) in [6.45, 7) is 2.55. The van der Waals surface area contributed by atoms with Gasteiger partial charge in [-0.3, -0.25) is 4.79 Å². The number of carbonyl (C=O) groups excluding carboxylic acids is 1. The average molecular weight is 231 g/mol. The molecule has 1 heterocycles. The van der Waals surface area contributed by atoms with E-state index in [4.69, 9.17) is 0 Å². The fourth-order valence-electron chi connectivity index (χ4n) is 1.50. The van der Waals surface area contributed by atoms with Gasteiger partial charge < -0.3 is 5.32 Å². The van der Waals surface area contributed by atoms with Gasteiger partial charge >= 0.3 is 0 Å². The highest BCUT2D eigenvalue weighted by Gasteiger charge is 2.07.